The van der Waals surface area contributed by atoms with E-state index in [-0.39, 0.29) is 30.4 Å². The number of hydrogen-bond donors (Lipinski definition) is 3. The number of carbonyl (C=O) groups is 2. The van der Waals surface area contributed by atoms with Gasteiger partial charge in [0.05, 0.1) is 29.5 Å². The van der Waals surface area contributed by atoms with Crippen molar-refractivity contribution in [1.29, 1.82) is 0 Å². The highest BCUT2D eigenvalue weighted by atomic mass is 16.2. The van der Waals surface area contributed by atoms with E-state index in [1.54, 1.807) is 18.3 Å². The number of nitrogens with zero attached hydrogens (tertiary/aromatic N) is 1. The van der Waals surface area contributed by atoms with Gasteiger partial charge in [-0.05, 0) is 42.7 Å². The summed E-state index contributed by atoms with van der Waals surface area (Å²) >= 11 is 0. The molecule has 4 rings (SSSR count). The molecule has 2 aromatic carbocycles. The molecule has 32 heavy (non-hydrogen) atoms. The zero-order valence-electron chi connectivity index (χ0n) is 18.0. The standard InChI is InChI=1S/C26H28N4O2/c31-24(18-28-25(19-10-2-1-3-11-19)23-16-8-9-17-27-23)30-22-15-7-6-14-21(22)26(32)29-20-12-4-5-13-20/h1-3,6-11,14-17,20,25,28H,4-5,12-13,18H2,(H,29,32)(H,30,31). The van der Waals surface area contributed by atoms with Gasteiger partial charge in [0.1, 0.15) is 0 Å². The molecule has 0 aliphatic heterocycles. The van der Waals surface area contributed by atoms with E-state index >= 15 is 0 Å². The number of aromatic nitrogens is 1. The molecule has 1 unspecified atom stereocenters. The number of pyridine rings is 1. The van der Waals surface area contributed by atoms with Gasteiger partial charge in [-0.2, -0.15) is 0 Å². The molecule has 1 aliphatic carbocycles. The van der Waals surface area contributed by atoms with Crippen LogP contribution in [0.5, 0.6) is 0 Å². The SMILES string of the molecule is O=C(CNC(c1ccccc1)c1ccccn1)Nc1ccccc1C(=O)NC1CCCC1. The number of hydrogen-bond acceptors (Lipinski definition) is 4. The van der Waals surface area contributed by atoms with E-state index in [1.165, 1.54) is 0 Å². The summed E-state index contributed by atoms with van der Waals surface area (Å²) in [6, 6.07) is 22.8. The minimum atomic E-state index is -0.219. The van der Waals surface area contributed by atoms with Gasteiger partial charge in [-0.1, -0.05) is 61.4 Å². The van der Waals surface area contributed by atoms with Crippen molar-refractivity contribution in [1.82, 2.24) is 15.6 Å². The van der Waals surface area contributed by atoms with Crippen LogP contribution in [0.25, 0.3) is 0 Å². The third kappa shape index (κ3) is 5.59. The average Bonchev–Trinajstić information content (AvgIpc) is 3.34. The van der Waals surface area contributed by atoms with Crippen LogP contribution in [0.2, 0.25) is 0 Å². The van der Waals surface area contributed by atoms with Gasteiger partial charge >= 0.3 is 0 Å². The van der Waals surface area contributed by atoms with Gasteiger partial charge in [0.15, 0.2) is 0 Å². The van der Waals surface area contributed by atoms with E-state index < -0.39 is 0 Å². The Labute approximate surface area is 188 Å². The number of amides is 2. The van der Waals surface area contributed by atoms with Crippen LogP contribution in [0.15, 0.2) is 79.0 Å². The van der Waals surface area contributed by atoms with Crippen molar-refractivity contribution in [3.05, 3.63) is 95.8 Å². The Hall–Kier alpha value is -3.51. The lowest BCUT2D eigenvalue weighted by atomic mass is 10.0. The van der Waals surface area contributed by atoms with Crippen LogP contribution in [-0.4, -0.2) is 29.4 Å². The molecular formula is C26H28N4O2. The van der Waals surface area contributed by atoms with Crippen molar-refractivity contribution in [2.24, 2.45) is 0 Å². The summed E-state index contributed by atoms with van der Waals surface area (Å²) in [6.07, 6.45) is 6.06. The fourth-order valence-electron chi connectivity index (χ4n) is 4.10. The highest BCUT2D eigenvalue weighted by Gasteiger charge is 2.21. The van der Waals surface area contributed by atoms with E-state index in [2.05, 4.69) is 20.9 Å². The maximum Gasteiger partial charge on any atom is 0.253 e. The monoisotopic (exact) mass is 428 g/mol. The molecule has 3 aromatic rings. The van der Waals surface area contributed by atoms with Crippen molar-refractivity contribution >= 4 is 17.5 Å². The maximum absolute atomic E-state index is 12.8. The second-order valence-electron chi connectivity index (χ2n) is 8.03. The first-order chi connectivity index (χ1) is 15.7. The molecule has 1 aliphatic rings. The summed E-state index contributed by atoms with van der Waals surface area (Å²) in [5, 5.41) is 9.28. The van der Waals surface area contributed by atoms with E-state index in [0.29, 0.717) is 11.3 Å². The van der Waals surface area contributed by atoms with E-state index in [9.17, 15) is 9.59 Å². The molecule has 1 heterocycles. The Morgan fingerprint density at radius 3 is 2.38 bits per heavy atom. The minimum Gasteiger partial charge on any atom is -0.349 e. The number of benzene rings is 2. The lowest BCUT2D eigenvalue weighted by Gasteiger charge is -2.19. The molecule has 3 N–H and O–H groups in total. The Morgan fingerprint density at radius 2 is 1.62 bits per heavy atom. The molecule has 2 amide bonds. The molecule has 1 atom stereocenters. The van der Waals surface area contributed by atoms with E-state index in [0.717, 1.165) is 36.9 Å². The summed E-state index contributed by atoms with van der Waals surface area (Å²) in [6.45, 7) is 0.0781. The lowest BCUT2D eigenvalue weighted by Crippen LogP contribution is -2.35. The van der Waals surface area contributed by atoms with Crippen LogP contribution in [0.3, 0.4) is 0 Å². The molecular weight excluding hydrogens is 400 g/mol. The predicted octanol–water partition coefficient (Wildman–Crippen LogP) is 4.07. The number of carbonyl (C=O) groups excluding carboxylic acids is 2. The van der Waals surface area contributed by atoms with E-state index in [4.69, 9.17) is 0 Å². The summed E-state index contributed by atoms with van der Waals surface area (Å²) in [5.74, 6) is -0.362. The molecule has 0 spiro atoms. The van der Waals surface area contributed by atoms with Gasteiger partial charge in [0.2, 0.25) is 5.91 Å². The molecule has 0 radical (unpaired) electrons. The number of nitrogens with one attached hydrogen (secondary N) is 3. The largest absolute Gasteiger partial charge is 0.349 e. The molecule has 0 bridgehead atoms. The topological polar surface area (TPSA) is 83.1 Å². The number of para-hydroxylation sites is 1. The number of anilines is 1. The van der Waals surface area contributed by atoms with Gasteiger partial charge in [-0.25, -0.2) is 0 Å². The fourth-order valence-corrected chi connectivity index (χ4v) is 4.10. The zero-order chi connectivity index (χ0) is 22.2. The normalized spacial score (nSPS) is 14.6. The summed E-state index contributed by atoms with van der Waals surface area (Å²) in [5.41, 5.74) is 2.86. The smallest absolute Gasteiger partial charge is 0.253 e. The molecule has 6 heteroatoms. The Kier molecular flexibility index (Phi) is 7.25. The molecule has 0 saturated heterocycles. The first-order valence-electron chi connectivity index (χ1n) is 11.1. The zero-order valence-corrected chi connectivity index (χ0v) is 18.0. The molecule has 164 valence electrons. The van der Waals surface area contributed by atoms with Crippen molar-refractivity contribution in [3.63, 3.8) is 0 Å². The quantitative estimate of drug-likeness (QED) is 0.505. The van der Waals surface area contributed by atoms with Crippen LogP contribution in [-0.2, 0) is 4.79 Å². The highest BCUT2D eigenvalue weighted by molar-refractivity contribution is 6.04. The van der Waals surface area contributed by atoms with Crippen molar-refractivity contribution in [3.8, 4) is 0 Å². The van der Waals surface area contributed by atoms with Crippen LogP contribution in [0.1, 0.15) is 53.3 Å². The Bertz CT molecular complexity index is 994. The fraction of sp³-hybridized carbons (Fsp3) is 0.269. The van der Waals surface area contributed by atoms with Gasteiger partial charge in [0.25, 0.3) is 5.91 Å². The molecule has 6 nitrogen and oxygen atoms in total. The van der Waals surface area contributed by atoms with Gasteiger partial charge in [0, 0.05) is 12.2 Å². The molecule has 1 aromatic heterocycles. The van der Waals surface area contributed by atoms with Gasteiger partial charge in [-0.3, -0.25) is 19.9 Å². The Balaban J connectivity index is 1.42. The van der Waals surface area contributed by atoms with Gasteiger partial charge < -0.3 is 10.6 Å². The van der Waals surface area contributed by atoms with E-state index in [1.807, 2.05) is 60.7 Å². The van der Waals surface area contributed by atoms with Crippen LogP contribution in [0, 0.1) is 0 Å². The van der Waals surface area contributed by atoms with Crippen LogP contribution < -0.4 is 16.0 Å². The van der Waals surface area contributed by atoms with Gasteiger partial charge in [-0.15, -0.1) is 0 Å². The van der Waals surface area contributed by atoms with Crippen molar-refractivity contribution in [2.75, 3.05) is 11.9 Å². The third-order valence-corrected chi connectivity index (χ3v) is 5.72. The summed E-state index contributed by atoms with van der Waals surface area (Å²) in [7, 11) is 0. The second-order valence-corrected chi connectivity index (χ2v) is 8.03. The Morgan fingerprint density at radius 1 is 0.906 bits per heavy atom. The predicted molar refractivity (Wildman–Crippen MR) is 125 cm³/mol. The maximum atomic E-state index is 12.8. The first kappa shape index (κ1) is 21.7. The first-order valence-corrected chi connectivity index (χ1v) is 11.1. The molecule has 1 saturated carbocycles. The highest BCUT2D eigenvalue weighted by Crippen LogP contribution is 2.21. The summed E-state index contributed by atoms with van der Waals surface area (Å²) < 4.78 is 0. The van der Waals surface area contributed by atoms with Crippen LogP contribution in [0.4, 0.5) is 5.69 Å². The minimum absolute atomic E-state index is 0.0781. The third-order valence-electron chi connectivity index (χ3n) is 5.72. The second kappa shape index (κ2) is 10.7. The number of rotatable bonds is 8. The summed E-state index contributed by atoms with van der Waals surface area (Å²) in [4.78, 5) is 30.0. The average molecular weight is 429 g/mol. The molecule has 1 fully saturated rings. The van der Waals surface area contributed by atoms with Crippen molar-refractivity contribution in [2.45, 2.75) is 37.8 Å². The van der Waals surface area contributed by atoms with Crippen molar-refractivity contribution < 1.29 is 9.59 Å². The van der Waals surface area contributed by atoms with Crippen LogP contribution >= 0.6 is 0 Å². The lowest BCUT2D eigenvalue weighted by molar-refractivity contribution is -0.115.